The number of carbonyl (C=O) groups excluding carboxylic acids is 2. The molecule has 1 fully saturated rings. The zero-order chi connectivity index (χ0) is 27.9. The third-order valence-corrected chi connectivity index (χ3v) is 6.98. The molecule has 2 atom stereocenters. The monoisotopic (exact) mass is 560 g/mol. The van der Waals surface area contributed by atoms with Gasteiger partial charge in [0.05, 0.1) is 10.5 Å². The number of hydrogen-bond donors (Lipinski definition) is 1. The molecule has 0 spiro atoms. The van der Waals surface area contributed by atoms with Crippen LogP contribution in [0.15, 0.2) is 54.9 Å². The van der Waals surface area contributed by atoms with Crippen molar-refractivity contribution in [1.82, 2.24) is 30.0 Å². The maximum Gasteiger partial charge on any atom is 0.435 e. The molecule has 0 saturated carbocycles. The van der Waals surface area contributed by atoms with E-state index in [9.17, 15) is 27.2 Å². The summed E-state index contributed by atoms with van der Waals surface area (Å²) in [5.74, 6) is -1.98. The van der Waals surface area contributed by atoms with E-state index < -0.39 is 35.6 Å². The molecule has 1 saturated heterocycles. The van der Waals surface area contributed by atoms with E-state index in [1.807, 2.05) is 0 Å². The van der Waals surface area contributed by atoms with E-state index in [2.05, 4.69) is 20.4 Å². The predicted octanol–water partition coefficient (Wildman–Crippen LogP) is 4.60. The Kier molecular flexibility index (Phi) is 6.98. The third kappa shape index (κ3) is 5.42. The van der Waals surface area contributed by atoms with Crippen LogP contribution in [0.25, 0.3) is 11.0 Å². The molecule has 0 bridgehead atoms. The molecule has 0 aliphatic carbocycles. The largest absolute Gasteiger partial charge is 0.435 e. The van der Waals surface area contributed by atoms with Gasteiger partial charge in [0.15, 0.2) is 5.69 Å². The first-order chi connectivity index (χ1) is 18.5. The van der Waals surface area contributed by atoms with Gasteiger partial charge in [-0.1, -0.05) is 23.7 Å². The fourth-order valence-corrected chi connectivity index (χ4v) is 5.02. The average Bonchev–Trinajstić information content (AvgIpc) is 3.31. The highest BCUT2D eigenvalue weighted by Gasteiger charge is 2.37. The molecular formula is C26H21ClF4N6O2. The molecule has 39 heavy (non-hydrogen) atoms. The van der Waals surface area contributed by atoms with Crippen molar-refractivity contribution in [3.05, 3.63) is 88.2 Å². The lowest BCUT2D eigenvalue weighted by molar-refractivity contribution is -0.141. The van der Waals surface area contributed by atoms with Crippen LogP contribution >= 0.6 is 11.6 Å². The number of amides is 2. The SMILES string of the molecule is Cn1nc(C(F)(F)F)cc1C(=O)N[C@@H]1CCN(C(=O)c2cc(Cl)c3nccnc3c2)C[C@@H]1c1ccc(F)cc1. The van der Waals surface area contributed by atoms with E-state index in [1.54, 1.807) is 23.1 Å². The van der Waals surface area contributed by atoms with Crippen LogP contribution in [0, 0.1) is 5.82 Å². The van der Waals surface area contributed by atoms with E-state index in [0.29, 0.717) is 34.6 Å². The number of nitrogens with zero attached hydrogens (tertiary/aromatic N) is 5. The average molecular weight is 561 g/mol. The van der Waals surface area contributed by atoms with Crippen LogP contribution in [0.4, 0.5) is 17.6 Å². The molecule has 1 aliphatic rings. The minimum Gasteiger partial charge on any atom is -0.347 e. The number of benzene rings is 2. The molecule has 2 aromatic heterocycles. The number of alkyl halides is 3. The minimum absolute atomic E-state index is 0.157. The number of fused-ring (bicyclic) bond motifs is 1. The fraction of sp³-hybridized carbons (Fsp3) is 0.269. The molecule has 5 rings (SSSR count). The Morgan fingerprint density at radius 3 is 2.49 bits per heavy atom. The van der Waals surface area contributed by atoms with Crippen molar-refractivity contribution < 1.29 is 27.2 Å². The zero-order valence-corrected chi connectivity index (χ0v) is 21.2. The van der Waals surface area contributed by atoms with Crippen molar-refractivity contribution in [2.24, 2.45) is 7.05 Å². The van der Waals surface area contributed by atoms with Crippen LogP contribution in [-0.2, 0) is 13.2 Å². The van der Waals surface area contributed by atoms with E-state index in [-0.39, 0.29) is 29.7 Å². The molecule has 0 unspecified atom stereocenters. The third-order valence-electron chi connectivity index (χ3n) is 6.69. The first kappa shape index (κ1) is 26.5. The summed E-state index contributed by atoms with van der Waals surface area (Å²) < 4.78 is 53.8. The van der Waals surface area contributed by atoms with Crippen molar-refractivity contribution in [1.29, 1.82) is 0 Å². The highest BCUT2D eigenvalue weighted by atomic mass is 35.5. The van der Waals surface area contributed by atoms with E-state index in [4.69, 9.17) is 11.6 Å². The van der Waals surface area contributed by atoms with Gasteiger partial charge in [-0.15, -0.1) is 0 Å². The Morgan fingerprint density at radius 2 is 1.79 bits per heavy atom. The molecule has 202 valence electrons. The van der Waals surface area contributed by atoms with Gasteiger partial charge in [0, 0.05) is 56.1 Å². The summed E-state index contributed by atoms with van der Waals surface area (Å²) in [6.07, 6.45) is -1.41. The zero-order valence-electron chi connectivity index (χ0n) is 20.4. The standard InChI is InChI=1S/C26H21ClF4N6O2/c1-36-21(12-22(35-36)26(29,30)31)24(38)34-19-6-9-37(13-17(19)14-2-4-16(28)5-3-14)25(39)15-10-18(27)23-20(11-15)32-7-8-33-23/h2-5,7-8,10-12,17,19H,6,9,13H2,1H3,(H,34,38)/t17-,19-/m1/s1. The Morgan fingerprint density at radius 1 is 1.08 bits per heavy atom. The van der Waals surface area contributed by atoms with Crippen molar-refractivity contribution in [2.75, 3.05) is 13.1 Å². The maximum absolute atomic E-state index is 13.7. The molecule has 1 aliphatic heterocycles. The van der Waals surface area contributed by atoms with E-state index in [1.165, 1.54) is 37.6 Å². The molecule has 13 heteroatoms. The van der Waals surface area contributed by atoms with Crippen molar-refractivity contribution >= 4 is 34.4 Å². The molecular weight excluding hydrogens is 540 g/mol. The molecule has 0 radical (unpaired) electrons. The summed E-state index contributed by atoms with van der Waals surface area (Å²) in [5.41, 5.74) is 0.450. The topological polar surface area (TPSA) is 93.0 Å². The summed E-state index contributed by atoms with van der Waals surface area (Å²) in [6.45, 7) is 0.404. The normalized spacial score (nSPS) is 17.8. The summed E-state index contributed by atoms with van der Waals surface area (Å²) >= 11 is 6.33. The first-order valence-electron chi connectivity index (χ1n) is 11.9. The van der Waals surface area contributed by atoms with Crippen LogP contribution < -0.4 is 5.32 Å². The van der Waals surface area contributed by atoms with Gasteiger partial charge in [-0.05, 0) is 36.2 Å². The van der Waals surface area contributed by atoms with Gasteiger partial charge >= 0.3 is 6.18 Å². The Labute approximate surface area is 224 Å². The number of rotatable bonds is 4. The fourth-order valence-electron chi connectivity index (χ4n) is 4.76. The van der Waals surface area contributed by atoms with Gasteiger partial charge in [0.2, 0.25) is 0 Å². The summed E-state index contributed by atoms with van der Waals surface area (Å²) in [6, 6.07) is 8.90. The van der Waals surface area contributed by atoms with Gasteiger partial charge in [0.25, 0.3) is 11.8 Å². The predicted molar refractivity (Wildman–Crippen MR) is 134 cm³/mol. The lowest BCUT2D eigenvalue weighted by Gasteiger charge is -2.39. The molecule has 2 aromatic carbocycles. The number of carbonyl (C=O) groups is 2. The highest BCUT2D eigenvalue weighted by molar-refractivity contribution is 6.35. The van der Waals surface area contributed by atoms with Gasteiger partial charge < -0.3 is 10.2 Å². The summed E-state index contributed by atoms with van der Waals surface area (Å²) in [4.78, 5) is 36.5. The van der Waals surface area contributed by atoms with E-state index >= 15 is 0 Å². The summed E-state index contributed by atoms with van der Waals surface area (Å²) in [7, 11) is 1.25. The lowest BCUT2D eigenvalue weighted by atomic mass is 9.85. The molecule has 8 nitrogen and oxygen atoms in total. The number of likely N-dealkylation sites (tertiary alicyclic amines) is 1. The first-order valence-corrected chi connectivity index (χ1v) is 12.3. The number of hydrogen-bond acceptors (Lipinski definition) is 5. The maximum atomic E-state index is 13.7. The Bertz CT molecular complexity index is 1560. The molecule has 2 amide bonds. The van der Waals surface area contributed by atoms with Crippen LogP contribution in [0.1, 0.15) is 44.4 Å². The van der Waals surface area contributed by atoms with Crippen molar-refractivity contribution in [3.8, 4) is 0 Å². The number of piperidine rings is 1. The second-order valence-electron chi connectivity index (χ2n) is 9.20. The van der Waals surface area contributed by atoms with Crippen LogP contribution in [0.5, 0.6) is 0 Å². The van der Waals surface area contributed by atoms with Crippen molar-refractivity contribution in [2.45, 2.75) is 24.6 Å². The Hall–Kier alpha value is -4.06. The quantitative estimate of drug-likeness (QED) is 0.368. The summed E-state index contributed by atoms with van der Waals surface area (Å²) in [5, 5.41) is 6.47. The highest BCUT2D eigenvalue weighted by Crippen LogP contribution is 2.31. The molecule has 4 aromatic rings. The number of aromatic nitrogens is 4. The molecule has 3 heterocycles. The van der Waals surface area contributed by atoms with Gasteiger partial charge in [-0.3, -0.25) is 24.2 Å². The van der Waals surface area contributed by atoms with Crippen LogP contribution in [0.3, 0.4) is 0 Å². The van der Waals surface area contributed by atoms with Gasteiger partial charge in [-0.25, -0.2) is 4.39 Å². The van der Waals surface area contributed by atoms with Gasteiger partial charge in [-0.2, -0.15) is 18.3 Å². The number of halogens is 5. The van der Waals surface area contributed by atoms with Crippen molar-refractivity contribution in [3.63, 3.8) is 0 Å². The second kappa shape index (κ2) is 10.3. The molecule has 1 N–H and O–H groups in total. The number of aryl methyl sites for hydroxylation is 1. The minimum atomic E-state index is -4.70. The van der Waals surface area contributed by atoms with Crippen LogP contribution in [-0.4, -0.2) is 55.6 Å². The lowest BCUT2D eigenvalue weighted by Crippen LogP contribution is -2.51. The Balaban J connectivity index is 1.41. The second-order valence-corrected chi connectivity index (χ2v) is 9.60. The van der Waals surface area contributed by atoms with Crippen LogP contribution in [0.2, 0.25) is 5.02 Å². The number of nitrogens with one attached hydrogen (secondary N) is 1. The smallest absolute Gasteiger partial charge is 0.347 e. The van der Waals surface area contributed by atoms with E-state index in [0.717, 1.165) is 4.68 Å². The van der Waals surface area contributed by atoms with Gasteiger partial charge in [0.1, 0.15) is 17.0 Å².